The predicted molar refractivity (Wildman–Crippen MR) is 247 cm³/mol. The fourth-order valence-electron chi connectivity index (χ4n) is 8.41. The van der Waals surface area contributed by atoms with Crippen LogP contribution < -0.4 is 20.0 Å². The number of hydrogen-bond acceptors (Lipinski definition) is 4. The van der Waals surface area contributed by atoms with E-state index in [4.69, 9.17) is 11.2 Å². The number of nitrogens with zero attached hydrogens (tertiary/aromatic N) is 4. The van der Waals surface area contributed by atoms with E-state index >= 15 is 52.7 Å². The summed E-state index contributed by atoms with van der Waals surface area (Å²) < 4.78 is 236. The number of benzene rings is 5. The zero-order valence-electron chi connectivity index (χ0n) is 37.7. The van der Waals surface area contributed by atoms with E-state index in [1.807, 2.05) is 0 Å². The van der Waals surface area contributed by atoms with Crippen LogP contribution in [0.15, 0.2) is 72.8 Å². The van der Waals surface area contributed by atoms with Crippen LogP contribution in [-0.4, -0.2) is 22.5 Å². The molecule has 1 amide bonds. The topological polar surface area (TPSA) is 92.3 Å². The molecule has 3 aromatic heterocycles. The number of carbonyl (C=O) groups excluding carboxylic acids is 1. The molecule has 8 aromatic rings. The van der Waals surface area contributed by atoms with Gasteiger partial charge in [-0.25, -0.2) is 75.8 Å². The molecule has 10 rings (SSSR count). The molecular formula is C54H20F15MnN5O2. The minimum Gasteiger partial charge on any atom is -0.657 e. The number of amides is 1. The molecular weight excluding hydrogens is 1090 g/mol. The first-order valence-electron chi connectivity index (χ1n) is 21.5. The minimum absolute atomic E-state index is 0. The smallest absolute Gasteiger partial charge is 0.657 e. The van der Waals surface area contributed by atoms with Crippen molar-refractivity contribution in [2.75, 3.05) is 11.9 Å². The van der Waals surface area contributed by atoms with Crippen molar-refractivity contribution in [2.45, 2.75) is 0 Å². The number of anilines is 1. The number of ether oxygens (including phenoxy) is 1. The standard InChI is InChI=1S/C54H21F15N5O2.Mn/c1-2-18-76-23-8-6-20(7-9-23)54(75)70-22-5-3-4-21(19-22)32-24-10-12-26(71-24)33(36-39(55)45(61)51(67)46(62)40(36)56)28-14-16-30(73-28)35(38-43(59)49(65)53(69)50(66)44(38)60)31-17-15-29(74-31)34(27-13-11-25(32)72-27)37-41(57)47(63)52(68)48(64)42(37)58;/h1,3-17,19H,18H2,(H2-,70,71,72,73,74,75);/q-1;+2/p-1. The summed E-state index contributed by atoms with van der Waals surface area (Å²) in [5.41, 5.74) is -13.7. The van der Waals surface area contributed by atoms with Crippen molar-refractivity contribution in [1.29, 1.82) is 0 Å². The molecule has 0 atom stereocenters. The van der Waals surface area contributed by atoms with Gasteiger partial charge in [0, 0.05) is 11.3 Å². The minimum atomic E-state index is -2.65. The fraction of sp³-hybridized carbons (Fsp3) is 0.0185. The SMILES string of the molecule is C#CCOc1ccc(C(=O)Nc2cccc(-c3c4nc(c(-c5c(F)c(F)c(F)c(F)c5F)c5ccc([n-]5)c(-c5c(F)c(F)c(F)c(F)c5F)c5nc(c(-c6c(F)c(F)c(F)c(F)c6F)c6ccc3[n-]6)C=C5)C=C4)c2)cc1.[Mn+2]. The maximum atomic E-state index is 16.0. The monoisotopic (exact) mass is 1110 g/mol. The first kappa shape index (κ1) is 52.8. The molecule has 0 saturated carbocycles. The van der Waals surface area contributed by atoms with Gasteiger partial charge in [0.05, 0.1) is 39.5 Å². The van der Waals surface area contributed by atoms with Gasteiger partial charge in [0.25, 0.3) is 5.91 Å². The molecule has 0 spiro atoms. The summed E-state index contributed by atoms with van der Waals surface area (Å²) in [5.74, 6) is -35.6. The molecule has 0 saturated heterocycles. The molecule has 1 N–H and O–H groups in total. The van der Waals surface area contributed by atoms with Gasteiger partial charge in [0.2, 0.25) is 17.5 Å². The number of hydrogen-bond donors (Lipinski definition) is 1. The van der Waals surface area contributed by atoms with Crippen molar-refractivity contribution in [1.82, 2.24) is 19.9 Å². The first-order valence-corrected chi connectivity index (χ1v) is 21.5. The molecule has 8 bridgehead atoms. The Kier molecular flexibility index (Phi) is 13.9. The van der Waals surface area contributed by atoms with Gasteiger partial charge in [-0.15, -0.1) is 28.5 Å². The quantitative estimate of drug-likeness (QED) is 0.0536. The number of rotatable bonds is 8. The molecule has 23 heteroatoms. The number of fused-ring (bicyclic) bond motifs is 8. The van der Waals surface area contributed by atoms with Gasteiger partial charge in [-0.2, -0.15) is 0 Å². The van der Waals surface area contributed by atoms with Crippen LogP contribution in [0.2, 0.25) is 0 Å². The Balaban J connectivity index is 0.00000722. The first-order chi connectivity index (χ1) is 36.3. The molecule has 0 unspecified atom stereocenters. The zero-order chi connectivity index (χ0) is 54.2. The van der Waals surface area contributed by atoms with Gasteiger partial charge < -0.3 is 20.0 Å². The van der Waals surface area contributed by atoms with Gasteiger partial charge in [-0.05, 0) is 88.5 Å². The fourth-order valence-corrected chi connectivity index (χ4v) is 8.41. The number of halogens is 15. The van der Waals surface area contributed by atoms with Crippen LogP contribution in [0.1, 0.15) is 33.1 Å². The molecule has 5 heterocycles. The Morgan fingerprint density at radius 1 is 0.455 bits per heavy atom. The third kappa shape index (κ3) is 8.83. The van der Waals surface area contributed by atoms with Crippen molar-refractivity contribution >= 4 is 58.0 Å². The average molecular weight is 1110 g/mol. The van der Waals surface area contributed by atoms with E-state index in [1.165, 1.54) is 48.5 Å². The molecule has 385 valence electrons. The summed E-state index contributed by atoms with van der Waals surface area (Å²) in [5, 5.41) is 2.67. The number of aromatic nitrogens is 4. The second-order valence-electron chi connectivity index (χ2n) is 16.2. The van der Waals surface area contributed by atoms with E-state index in [0.29, 0.717) is 5.75 Å². The van der Waals surface area contributed by atoms with E-state index in [0.717, 1.165) is 48.6 Å². The number of terminal acetylenes is 1. The van der Waals surface area contributed by atoms with E-state index in [9.17, 15) is 18.0 Å². The average Bonchev–Trinajstić information content (AvgIpc) is 4.31. The predicted octanol–water partition coefficient (Wildman–Crippen LogP) is 13.9. The van der Waals surface area contributed by atoms with Crippen molar-refractivity contribution in [3.63, 3.8) is 0 Å². The Bertz CT molecular complexity index is 3990. The van der Waals surface area contributed by atoms with E-state index < -0.39 is 160 Å². The number of nitrogens with one attached hydrogen (secondary N) is 1. The summed E-state index contributed by atoms with van der Waals surface area (Å²) in [6.45, 7) is -0.0597. The summed E-state index contributed by atoms with van der Waals surface area (Å²) >= 11 is 0. The van der Waals surface area contributed by atoms with Crippen LogP contribution in [-0.2, 0) is 17.1 Å². The third-order valence-corrected chi connectivity index (χ3v) is 11.8. The van der Waals surface area contributed by atoms with E-state index in [1.54, 1.807) is 0 Å². The van der Waals surface area contributed by atoms with Crippen LogP contribution in [0, 0.1) is 99.6 Å². The Morgan fingerprint density at radius 3 is 1.16 bits per heavy atom. The molecule has 7 nitrogen and oxygen atoms in total. The van der Waals surface area contributed by atoms with Crippen molar-refractivity contribution in [3.8, 4) is 62.6 Å². The van der Waals surface area contributed by atoms with Crippen LogP contribution in [0.25, 0.3) is 90.9 Å². The maximum absolute atomic E-state index is 16.0. The molecule has 5 aromatic carbocycles. The second kappa shape index (κ2) is 20.3. The third-order valence-electron chi connectivity index (χ3n) is 11.8. The van der Waals surface area contributed by atoms with Gasteiger partial charge in [-0.1, -0.05) is 42.3 Å². The molecule has 77 heavy (non-hydrogen) atoms. The molecule has 1 radical (unpaired) electrons. The normalized spacial score (nSPS) is 11.7. The van der Waals surface area contributed by atoms with Crippen molar-refractivity contribution in [2.24, 2.45) is 0 Å². The molecule has 2 aliphatic rings. The van der Waals surface area contributed by atoms with E-state index in [-0.39, 0.29) is 57.3 Å². The summed E-state index contributed by atoms with van der Waals surface area (Å²) in [6.07, 6.45) is 8.84. The van der Waals surface area contributed by atoms with Crippen LogP contribution >= 0.6 is 0 Å². The second-order valence-corrected chi connectivity index (χ2v) is 16.2. The summed E-state index contributed by atoms with van der Waals surface area (Å²) in [7, 11) is 0. The molecule has 0 fully saturated rings. The van der Waals surface area contributed by atoms with Gasteiger partial charge >= 0.3 is 17.1 Å². The largest absolute Gasteiger partial charge is 2.00 e. The van der Waals surface area contributed by atoms with Gasteiger partial charge in [0.1, 0.15) is 12.4 Å². The van der Waals surface area contributed by atoms with Crippen LogP contribution in [0.5, 0.6) is 5.75 Å². The van der Waals surface area contributed by atoms with Crippen molar-refractivity contribution < 1.29 is 92.5 Å². The van der Waals surface area contributed by atoms with Crippen LogP contribution in [0.4, 0.5) is 71.5 Å². The Morgan fingerprint density at radius 2 is 0.792 bits per heavy atom. The maximum Gasteiger partial charge on any atom is 2.00 e. The van der Waals surface area contributed by atoms with E-state index in [2.05, 4.69) is 31.2 Å². The molecule has 2 aliphatic heterocycles. The van der Waals surface area contributed by atoms with Gasteiger partial charge in [0.15, 0.2) is 69.8 Å². The van der Waals surface area contributed by atoms with Crippen molar-refractivity contribution in [3.05, 3.63) is 188 Å². The van der Waals surface area contributed by atoms with Gasteiger partial charge in [-0.3, -0.25) is 4.79 Å². The zero-order valence-corrected chi connectivity index (χ0v) is 38.9. The number of carbonyl (C=O) groups is 1. The van der Waals surface area contributed by atoms with Crippen LogP contribution in [0.3, 0.4) is 0 Å². The Hall–Kier alpha value is -9.00. The Labute approximate surface area is 431 Å². The molecule has 0 aliphatic carbocycles. The summed E-state index contributed by atoms with van der Waals surface area (Å²) in [4.78, 5) is 30.6. The summed E-state index contributed by atoms with van der Waals surface area (Å²) in [6, 6.07) is 14.9.